The molecule has 0 bridgehead atoms. The molecule has 0 aliphatic rings. The molecule has 0 unspecified atom stereocenters. The third-order valence-electron chi connectivity index (χ3n) is 2.36. The van der Waals surface area contributed by atoms with Gasteiger partial charge in [-0.05, 0) is 5.56 Å². The number of primary amides is 1. The number of carbonyl (C=O) groups excluding carboxylic acids is 1. The van der Waals surface area contributed by atoms with E-state index in [2.05, 4.69) is 27.3 Å². The van der Waals surface area contributed by atoms with E-state index in [0.29, 0.717) is 5.82 Å². The lowest BCUT2D eigenvalue weighted by atomic mass is 10.2. The first-order valence-corrected chi connectivity index (χ1v) is 6.74. The molecule has 3 N–H and O–H groups in total. The van der Waals surface area contributed by atoms with Crippen molar-refractivity contribution in [1.29, 1.82) is 0 Å². The van der Waals surface area contributed by atoms with Crippen LogP contribution in [0.15, 0.2) is 30.3 Å². The average molecular weight is 262 g/mol. The van der Waals surface area contributed by atoms with Gasteiger partial charge in [-0.25, -0.2) is 0 Å². The van der Waals surface area contributed by atoms with E-state index in [9.17, 15) is 4.79 Å². The molecule has 0 fully saturated rings. The number of hydrogen-bond acceptors (Lipinski definition) is 4. The molecule has 1 aromatic carbocycles. The number of nitrogens with zero attached hydrogens (tertiary/aromatic N) is 2. The van der Waals surface area contributed by atoms with Gasteiger partial charge in [0, 0.05) is 17.9 Å². The number of aromatic nitrogens is 3. The van der Waals surface area contributed by atoms with Gasteiger partial charge in [-0.3, -0.25) is 4.79 Å². The zero-order valence-corrected chi connectivity index (χ0v) is 10.6. The van der Waals surface area contributed by atoms with Gasteiger partial charge in [0.15, 0.2) is 0 Å². The number of thioether (sulfide) groups is 1. The lowest BCUT2D eigenvalue weighted by Crippen LogP contribution is -2.12. The molecule has 0 atom stereocenters. The summed E-state index contributed by atoms with van der Waals surface area (Å²) >= 11 is 1.81. The minimum absolute atomic E-state index is 0.123. The van der Waals surface area contributed by atoms with Gasteiger partial charge in [-0.2, -0.15) is 11.8 Å². The molecule has 0 radical (unpaired) electrons. The Morgan fingerprint density at radius 1 is 1.28 bits per heavy atom. The smallest absolute Gasteiger partial charge is 0.286 e. The molecule has 1 aromatic heterocycles. The van der Waals surface area contributed by atoms with Gasteiger partial charge in [0.25, 0.3) is 5.91 Å². The van der Waals surface area contributed by atoms with Crippen LogP contribution in [0.5, 0.6) is 0 Å². The molecule has 1 heterocycles. The topological polar surface area (TPSA) is 84.7 Å². The lowest BCUT2D eigenvalue weighted by Gasteiger charge is -2.00. The Bertz CT molecular complexity index is 512. The molecule has 0 spiro atoms. The molecule has 0 aliphatic heterocycles. The first kappa shape index (κ1) is 12.6. The number of amides is 1. The Morgan fingerprint density at radius 3 is 2.72 bits per heavy atom. The van der Waals surface area contributed by atoms with Gasteiger partial charge in [-0.1, -0.05) is 30.3 Å². The fraction of sp³-hybridized carbons (Fsp3) is 0.250. The number of aryl methyl sites for hydroxylation is 1. The van der Waals surface area contributed by atoms with E-state index in [1.54, 1.807) is 0 Å². The first-order valence-electron chi connectivity index (χ1n) is 5.59. The molecular weight excluding hydrogens is 248 g/mol. The van der Waals surface area contributed by atoms with Crippen LogP contribution in [0.2, 0.25) is 0 Å². The van der Waals surface area contributed by atoms with Crippen molar-refractivity contribution in [3.05, 3.63) is 47.5 Å². The zero-order chi connectivity index (χ0) is 12.8. The Balaban J connectivity index is 1.73. The molecule has 5 nitrogen and oxygen atoms in total. The minimum atomic E-state index is -0.578. The molecule has 6 heteroatoms. The van der Waals surface area contributed by atoms with Crippen molar-refractivity contribution in [2.45, 2.75) is 12.2 Å². The van der Waals surface area contributed by atoms with Crippen molar-refractivity contribution in [2.75, 3.05) is 5.75 Å². The van der Waals surface area contributed by atoms with Crippen LogP contribution in [-0.2, 0) is 12.2 Å². The second-order valence-electron chi connectivity index (χ2n) is 3.77. The van der Waals surface area contributed by atoms with Crippen LogP contribution in [-0.4, -0.2) is 26.8 Å². The van der Waals surface area contributed by atoms with Crippen LogP contribution in [0.1, 0.15) is 22.0 Å². The highest BCUT2D eigenvalue weighted by Crippen LogP contribution is 2.12. The summed E-state index contributed by atoms with van der Waals surface area (Å²) in [6.07, 6.45) is 0.748. The summed E-state index contributed by atoms with van der Waals surface area (Å²) in [6, 6.07) is 10.3. The molecule has 2 rings (SSSR count). The van der Waals surface area contributed by atoms with Crippen molar-refractivity contribution >= 4 is 17.7 Å². The molecule has 1 amide bonds. The number of nitrogens with one attached hydrogen (secondary N) is 1. The highest BCUT2D eigenvalue weighted by Gasteiger charge is 2.07. The largest absolute Gasteiger partial charge is 0.363 e. The van der Waals surface area contributed by atoms with E-state index in [0.717, 1.165) is 17.9 Å². The van der Waals surface area contributed by atoms with Crippen molar-refractivity contribution in [3.63, 3.8) is 0 Å². The fourth-order valence-electron chi connectivity index (χ4n) is 1.45. The number of H-pyrrole nitrogens is 1. The zero-order valence-electron chi connectivity index (χ0n) is 9.80. The Labute approximate surface area is 109 Å². The number of rotatable bonds is 6. The maximum absolute atomic E-state index is 10.8. The number of aromatic amines is 1. The standard InChI is InChI=1S/C12H14N4OS/c13-11(17)12-14-10(15-16-12)6-7-18-8-9-4-2-1-3-5-9/h1-5H,6-8H2,(H2,13,17)(H,14,15,16). The van der Waals surface area contributed by atoms with E-state index in [4.69, 9.17) is 5.73 Å². The SMILES string of the molecule is NC(=O)c1nnc(CCSCc2ccccc2)[nH]1. The second-order valence-corrected chi connectivity index (χ2v) is 4.88. The Morgan fingerprint density at radius 2 is 2.06 bits per heavy atom. The Kier molecular flexibility index (Phi) is 4.35. The van der Waals surface area contributed by atoms with Gasteiger partial charge in [-0.15, -0.1) is 10.2 Å². The van der Waals surface area contributed by atoms with Crippen molar-refractivity contribution in [1.82, 2.24) is 15.2 Å². The van der Waals surface area contributed by atoms with Crippen LogP contribution >= 0.6 is 11.8 Å². The monoisotopic (exact) mass is 262 g/mol. The summed E-state index contributed by atoms with van der Waals surface area (Å²) in [6.45, 7) is 0. The minimum Gasteiger partial charge on any atom is -0.363 e. The Hall–Kier alpha value is -1.82. The predicted molar refractivity (Wildman–Crippen MR) is 71.2 cm³/mol. The van der Waals surface area contributed by atoms with Gasteiger partial charge in [0.2, 0.25) is 5.82 Å². The van der Waals surface area contributed by atoms with E-state index < -0.39 is 5.91 Å². The molecule has 0 saturated carbocycles. The van der Waals surface area contributed by atoms with E-state index >= 15 is 0 Å². The normalized spacial score (nSPS) is 10.4. The third kappa shape index (κ3) is 3.59. The van der Waals surface area contributed by atoms with Gasteiger partial charge >= 0.3 is 0 Å². The molecule has 0 aliphatic carbocycles. The summed E-state index contributed by atoms with van der Waals surface area (Å²) in [4.78, 5) is 13.6. The number of benzene rings is 1. The number of carbonyl (C=O) groups is 1. The predicted octanol–water partition coefficient (Wildman–Crippen LogP) is 1.38. The van der Waals surface area contributed by atoms with Gasteiger partial charge < -0.3 is 10.7 Å². The van der Waals surface area contributed by atoms with Gasteiger partial charge in [0.05, 0.1) is 0 Å². The fourth-order valence-corrected chi connectivity index (χ4v) is 2.36. The summed E-state index contributed by atoms with van der Waals surface area (Å²) < 4.78 is 0. The molecule has 2 aromatic rings. The highest BCUT2D eigenvalue weighted by atomic mass is 32.2. The van der Waals surface area contributed by atoms with Gasteiger partial charge in [0.1, 0.15) is 5.82 Å². The third-order valence-corrected chi connectivity index (χ3v) is 3.39. The van der Waals surface area contributed by atoms with Crippen molar-refractivity contribution < 1.29 is 4.79 Å². The molecular formula is C12H14N4OS. The van der Waals surface area contributed by atoms with Crippen LogP contribution in [0.3, 0.4) is 0 Å². The van der Waals surface area contributed by atoms with E-state index in [-0.39, 0.29) is 5.82 Å². The van der Waals surface area contributed by atoms with Crippen molar-refractivity contribution in [3.8, 4) is 0 Å². The second kappa shape index (κ2) is 6.20. The number of nitrogens with two attached hydrogens (primary N) is 1. The summed E-state index contributed by atoms with van der Waals surface area (Å²) in [7, 11) is 0. The molecule has 94 valence electrons. The lowest BCUT2D eigenvalue weighted by molar-refractivity contribution is 0.0991. The van der Waals surface area contributed by atoms with Crippen LogP contribution in [0.25, 0.3) is 0 Å². The van der Waals surface area contributed by atoms with E-state index in [1.807, 2.05) is 30.0 Å². The number of hydrogen-bond donors (Lipinski definition) is 2. The maximum atomic E-state index is 10.8. The highest BCUT2D eigenvalue weighted by molar-refractivity contribution is 7.98. The van der Waals surface area contributed by atoms with Crippen LogP contribution in [0, 0.1) is 0 Å². The molecule has 0 saturated heterocycles. The van der Waals surface area contributed by atoms with E-state index in [1.165, 1.54) is 5.56 Å². The summed E-state index contributed by atoms with van der Waals surface area (Å²) in [5, 5.41) is 7.53. The molecule has 18 heavy (non-hydrogen) atoms. The summed E-state index contributed by atoms with van der Waals surface area (Å²) in [5.41, 5.74) is 6.38. The quantitative estimate of drug-likeness (QED) is 0.770. The summed E-state index contributed by atoms with van der Waals surface area (Å²) in [5.74, 6) is 2.13. The van der Waals surface area contributed by atoms with Crippen LogP contribution < -0.4 is 5.73 Å². The average Bonchev–Trinajstić information content (AvgIpc) is 2.85. The maximum Gasteiger partial charge on any atom is 0.286 e. The van der Waals surface area contributed by atoms with Crippen LogP contribution in [0.4, 0.5) is 0 Å². The van der Waals surface area contributed by atoms with Crippen molar-refractivity contribution in [2.24, 2.45) is 5.73 Å². The first-order chi connectivity index (χ1) is 8.75.